The Morgan fingerprint density at radius 2 is 1.59 bits per heavy atom. The number of carbonyl (C=O) groups is 1. The molecule has 0 radical (unpaired) electrons. The van der Waals surface area contributed by atoms with Crippen LogP contribution in [0, 0.1) is 33.5 Å². The molecule has 3 saturated carbocycles. The lowest BCUT2D eigenvalue weighted by Crippen LogP contribution is -2.69. The van der Waals surface area contributed by atoms with E-state index in [0.717, 1.165) is 24.8 Å². The molecular formula is C35H54O13S. The summed E-state index contributed by atoms with van der Waals surface area (Å²) in [5, 5.41) is 46.4. The SMILES string of the molecule is CC1(C)CC[C@@H]([C@@]2(C)OC(=O)[C@]34[C@H](O)C=C5[C@@H](CC[C@H]6C(C)(C)[C@@H](O[C@H]7OC[C@@H](OS(=O)(=O)O)[C@H](O)[C@@H]7O)CC[C@]56C)[C@@]3(C)CC[C@]42O)O1. The number of allylic oxidation sites excluding steroid dienone is 1. The van der Waals surface area contributed by atoms with E-state index >= 15 is 0 Å². The maximum Gasteiger partial charge on any atom is 0.397 e. The molecule has 14 heteroatoms. The van der Waals surface area contributed by atoms with Gasteiger partial charge in [-0.15, -0.1) is 0 Å². The van der Waals surface area contributed by atoms with Gasteiger partial charge in [-0.25, -0.2) is 4.18 Å². The fourth-order valence-corrected chi connectivity index (χ4v) is 12.8. The third-order valence-electron chi connectivity index (χ3n) is 14.8. The molecule has 0 aromatic heterocycles. The fraction of sp³-hybridized carbons (Fsp3) is 0.914. The molecule has 4 aliphatic carbocycles. The van der Waals surface area contributed by atoms with E-state index in [2.05, 4.69) is 31.9 Å². The monoisotopic (exact) mass is 714 g/mol. The van der Waals surface area contributed by atoms with E-state index in [0.29, 0.717) is 32.1 Å². The van der Waals surface area contributed by atoms with Gasteiger partial charge in [0.05, 0.1) is 24.4 Å². The third-order valence-corrected chi connectivity index (χ3v) is 15.3. The first-order chi connectivity index (χ1) is 22.5. The number of cyclic esters (lactones) is 1. The van der Waals surface area contributed by atoms with Crippen LogP contribution in [0.3, 0.4) is 0 Å². The van der Waals surface area contributed by atoms with Crippen molar-refractivity contribution < 1.29 is 61.3 Å². The molecule has 13 nitrogen and oxygen atoms in total. The van der Waals surface area contributed by atoms with Crippen molar-refractivity contribution in [2.24, 2.45) is 33.5 Å². The Morgan fingerprint density at radius 3 is 2.22 bits per heavy atom. The van der Waals surface area contributed by atoms with Gasteiger partial charge >= 0.3 is 16.4 Å². The summed E-state index contributed by atoms with van der Waals surface area (Å²) >= 11 is 0. The molecule has 278 valence electrons. The summed E-state index contributed by atoms with van der Waals surface area (Å²) in [5.74, 6) is -0.549. The van der Waals surface area contributed by atoms with E-state index in [-0.39, 0.29) is 17.3 Å². The Hall–Kier alpha value is -1.20. The molecule has 0 aromatic rings. The average Bonchev–Trinajstić information content (AvgIpc) is 3.55. The molecule has 3 saturated heterocycles. The van der Waals surface area contributed by atoms with Gasteiger partial charge in [-0.1, -0.05) is 39.3 Å². The van der Waals surface area contributed by atoms with Crippen LogP contribution in [0.15, 0.2) is 11.6 Å². The Labute approximate surface area is 288 Å². The van der Waals surface area contributed by atoms with Crippen LogP contribution >= 0.6 is 0 Å². The second-order valence-corrected chi connectivity index (χ2v) is 18.9. The van der Waals surface area contributed by atoms with Gasteiger partial charge < -0.3 is 39.4 Å². The Bertz CT molecular complexity index is 1530. The van der Waals surface area contributed by atoms with E-state index in [1.54, 1.807) is 6.92 Å². The third kappa shape index (κ3) is 4.67. The van der Waals surface area contributed by atoms with Gasteiger partial charge in [0.1, 0.15) is 35.4 Å². The van der Waals surface area contributed by atoms with Crippen molar-refractivity contribution in [1.29, 1.82) is 0 Å². The van der Waals surface area contributed by atoms with Gasteiger partial charge in [-0.05, 0) is 100 Å². The summed E-state index contributed by atoms with van der Waals surface area (Å²) in [6, 6.07) is 0. The summed E-state index contributed by atoms with van der Waals surface area (Å²) in [6.45, 7) is 13.9. The number of fused-ring (bicyclic) bond motifs is 4. The van der Waals surface area contributed by atoms with E-state index in [1.165, 1.54) is 0 Å². The number of aliphatic hydroxyl groups is 4. The van der Waals surface area contributed by atoms with Crippen LogP contribution in [-0.2, 0) is 38.3 Å². The second kappa shape index (κ2) is 10.9. The van der Waals surface area contributed by atoms with Crippen LogP contribution < -0.4 is 0 Å². The van der Waals surface area contributed by atoms with Crippen LogP contribution in [0.5, 0.6) is 0 Å². The second-order valence-electron chi connectivity index (χ2n) is 17.9. The minimum atomic E-state index is -4.87. The Morgan fingerprint density at radius 1 is 0.898 bits per heavy atom. The average molecular weight is 715 g/mol. The number of esters is 1. The van der Waals surface area contributed by atoms with Gasteiger partial charge in [-0.2, -0.15) is 8.42 Å². The molecule has 14 atom stereocenters. The minimum absolute atomic E-state index is 0.0718. The maximum absolute atomic E-state index is 14.3. The zero-order valence-electron chi connectivity index (χ0n) is 29.5. The number of aliphatic hydroxyl groups excluding tert-OH is 3. The molecular weight excluding hydrogens is 660 g/mol. The number of ether oxygens (including phenoxy) is 4. The van der Waals surface area contributed by atoms with Crippen molar-refractivity contribution >= 4 is 16.4 Å². The molecule has 49 heavy (non-hydrogen) atoms. The summed E-state index contributed by atoms with van der Waals surface area (Å²) in [6.07, 6.45) is -1.27. The molecule has 0 unspecified atom stereocenters. The molecule has 1 spiro atoms. The number of carbonyl (C=O) groups excluding carboxylic acids is 1. The number of hydrogen-bond donors (Lipinski definition) is 5. The van der Waals surface area contributed by atoms with E-state index in [4.69, 9.17) is 23.5 Å². The van der Waals surface area contributed by atoms with E-state index in [9.17, 15) is 33.6 Å². The highest BCUT2D eigenvalue weighted by atomic mass is 32.3. The van der Waals surface area contributed by atoms with Gasteiger partial charge in [0.2, 0.25) is 0 Å². The Kier molecular flexibility index (Phi) is 8.06. The first kappa shape index (κ1) is 36.2. The van der Waals surface area contributed by atoms with Crippen molar-refractivity contribution in [1.82, 2.24) is 0 Å². The molecule has 7 rings (SSSR count). The normalized spacial score (nSPS) is 53.2. The van der Waals surface area contributed by atoms with E-state index < -0.39 is 98.9 Å². The van der Waals surface area contributed by atoms with Crippen molar-refractivity contribution in [3.8, 4) is 0 Å². The highest BCUT2D eigenvalue weighted by Gasteiger charge is 2.87. The highest BCUT2D eigenvalue weighted by molar-refractivity contribution is 7.80. The van der Waals surface area contributed by atoms with Gasteiger partial charge in [0.25, 0.3) is 0 Å². The zero-order valence-corrected chi connectivity index (χ0v) is 30.4. The molecule has 0 bridgehead atoms. The Balaban J connectivity index is 1.16. The van der Waals surface area contributed by atoms with Crippen molar-refractivity contribution in [2.75, 3.05) is 6.61 Å². The lowest BCUT2D eigenvalue weighted by Gasteiger charge is -2.64. The predicted octanol–water partition coefficient (Wildman–Crippen LogP) is 2.58. The summed E-state index contributed by atoms with van der Waals surface area (Å²) in [5.41, 5.74) is -5.38. The highest BCUT2D eigenvalue weighted by Crippen LogP contribution is 2.77. The van der Waals surface area contributed by atoms with Gasteiger partial charge in [-0.3, -0.25) is 9.35 Å². The molecule has 7 aliphatic rings. The summed E-state index contributed by atoms with van der Waals surface area (Å²) < 4.78 is 60.5. The van der Waals surface area contributed by atoms with E-state index in [1.807, 2.05) is 19.9 Å². The molecule has 5 N–H and O–H groups in total. The molecule has 0 amide bonds. The lowest BCUT2D eigenvalue weighted by atomic mass is 9.40. The minimum Gasteiger partial charge on any atom is -0.453 e. The molecule has 0 aromatic carbocycles. The van der Waals surface area contributed by atoms with Gasteiger partial charge in [0, 0.05) is 0 Å². The number of rotatable bonds is 5. The van der Waals surface area contributed by atoms with Crippen LogP contribution in [0.25, 0.3) is 0 Å². The lowest BCUT2D eigenvalue weighted by molar-refractivity contribution is -0.300. The molecule has 6 fully saturated rings. The van der Waals surface area contributed by atoms with Crippen LogP contribution in [0.1, 0.15) is 99.8 Å². The quantitative estimate of drug-likeness (QED) is 0.121. The largest absolute Gasteiger partial charge is 0.453 e. The smallest absolute Gasteiger partial charge is 0.397 e. The maximum atomic E-state index is 14.3. The summed E-state index contributed by atoms with van der Waals surface area (Å²) in [4.78, 5) is 14.3. The predicted molar refractivity (Wildman–Crippen MR) is 172 cm³/mol. The first-order valence-electron chi connectivity index (χ1n) is 17.8. The van der Waals surface area contributed by atoms with Crippen LogP contribution in [-0.4, -0.2) is 106 Å². The van der Waals surface area contributed by atoms with Crippen LogP contribution in [0.2, 0.25) is 0 Å². The standard InChI is InChI=1S/C35H54O13S/c1-29(2)12-10-24(46-29)33(7)34(40)15-14-32(6)18-8-9-21-30(3,4)23(45-27-26(38)25(37)20(17-44-27)48-49(41,42)43)11-13-31(21,5)19(18)16-22(36)35(32,34)28(39)47-33/h16,18,20-27,36-38,40H,8-15,17H2,1-7H3,(H,41,42,43)/t18-,20-,21+,22-,23+,24+,25+,26+,27-,31-,32-,33-,34-,35-/m1/s1. The molecule has 3 aliphatic heterocycles. The topological polar surface area (TPSA) is 199 Å². The number of hydrogen-bond acceptors (Lipinski definition) is 12. The van der Waals surface area contributed by atoms with Crippen molar-refractivity contribution in [3.63, 3.8) is 0 Å². The fourth-order valence-electron chi connectivity index (χ4n) is 12.3. The zero-order chi connectivity index (χ0) is 36.0. The van der Waals surface area contributed by atoms with Crippen molar-refractivity contribution in [2.45, 2.75) is 160 Å². The summed E-state index contributed by atoms with van der Waals surface area (Å²) in [7, 11) is -4.87. The molecule has 3 heterocycles. The van der Waals surface area contributed by atoms with Gasteiger partial charge in [0.15, 0.2) is 11.9 Å². The van der Waals surface area contributed by atoms with Crippen LogP contribution in [0.4, 0.5) is 0 Å². The first-order valence-corrected chi connectivity index (χ1v) is 19.2. The van der Waals surface area contributed by atoms with Crippen molar-refractivity contribution in [3.05, 3.63) is 11.6 Å².